The van der Waals surface area contributed by atoms with Crippen molar-refractivity contribution < 1.29 is 13.9 Å². The number of hydrogen-bond acceptors (Lipinski definition) is 4. The van der Waals surface area contributed by atoms with E-state index in [0.29, 0.717) is 22.4 Å². The van der Waals surface area contributed by atoms with Crippen molar-refractivity contribution in [3.63, 3.8) is 0 Å². The normalized spacial score (nSPS) is 10.6. The number of carbonyl (C=O) groups is 1. The topological polar surface area (TPSA) is 69.3 Å². The molecule has 3 aromatic rings. The highest BCUT2D eigenvalue weighted by Crippen LogP contribution is 2.22. The summed E-state index contributed by atoms with van der Waals surface area (Å²) in [4.78, 5) is 12.1. The number of amides is 1. The van der Waals surface area contributed by atoms with Gasteiger partial charge in [0.25, 0.3) is 5.91 Å². The van der Waals surface area contributed by atoms with Gasteiger partial charge in [-0.3, -0.25) is 9.48 Å². The van der Waals surface area contributed by atoms with Crippen molar-refractivity contribution in [1.29, 1.82) is 0 Å². The van der Waals surface area contributed by atoms with Gasteiger partial charge in [-0.2, -0.15) is 5.10 Å². The van der Waals surface area contributed by atoms with Crippen LogP contribution in [0.5, 0.6) is 5.75 Å². The first-order valence-corrected chi connectivity index (χ1v) is 7.68. The summed E-state index contributed by atoms with van der Waals surface area (Å²) in [6.07, 6.45) is 1.74. The van der Waals surface area contributed by atoms with E-state index < -0.39 is 0 Å². The van der Waals surface area contributed by atoms with Gasteiger partial charge in [0.05, 0.1) is 0 Å². The van der Waals surface area contributed by atoms with Crippen LogP contribution in [0.4, 0.5) is 5.82 Å². The highest BCUT2D eigenvalue weighted by Gasteiger charge is 2.13. The Kier molecular flexibility index (Phi) is 4.57. The first-order valence-electron chi connectivity index (χ1n) is 7.30. The van der Waals surface area contributed by atoms with Gasteiger partial charge < -0.3 is 14.5 Å². The van der Waals surface area contributed by atoms with E-state index in [1.165, 1.54) is 0 Å². The zero-order chi connectivity index (χ0) is 17.1. The number of aromatic nitrogens is 2. The van der Waals surface area contributed by atoms with Crippen molar-refractivity contribution in [1.82, 2.24) is 9.78 Å². The zero-order valence-corrected chi connectivity index (χ0v) is 14.0. The predicted octanol–water partition coefficient (Wildman–Crippen LogP) is 3.81. The number of benzene rings is 1. The Morgan fingerprint density at radius 3 is 2.88 bits per heavy atom. The molecule has 0 aliphatic heterocycles. The standard InChI is InChI=1S/C17H16ClN3O3/c1-11-9-12(3-5-14(11)18)23-10-13-4-6-15(24-13)17(22)19-16-7-8-21(2)20-16/h3-9H,10H2,1-2H3,(H,19,20,22). The molecule has 0 radical (unpaired) electrons. The van der Waals surface area contributed by atoms with Crippen LogP contribution in [0, 0.1) is 6.92 Å². The minimum absolute atomic E-state index is 0.200. The Morgan fingerprint density at radius 2 is 2.17 bits per heavy atom. The molecule has 0 aliphatic rings. The van der Waals surface area contributed by atoms with Gasteiger partial charge in [-0.15, -0.1) is 0 Å². The SMILES string of the molecule is Cc1cc(OCc2ccc(C(=O)Nc3ccn(C)n3)o2)ccc1Cl. The van der Waals surface area contributed by atoms with Gasteiger partial charge in [0.1, 0.15) is 18.1 Å². The number of halogens is 1. The number of hydrogen-bond donors (Lipinski definition) is 1. The van der Waals surface area contributed by atoms with Gasteiger partial charge in [0.15, 0.2) is 11.6 Å². The predicted molar refractivity (Wildman–Crippen MR) is 90.4 cm³/mol. The molecule has 0 saturated carbocycles. The van der Waals surface area contributed by atoms with E-state index in [9.17, 15) is 4.79 Å². The number of anilines is 1. The average Bonchev–Trinajstić information content (AvgIpc) is 3.18. The van der Waals surface area contributed by atoms with Crippen LogP contribution in [0.15, 0.2) is 47.0 Å². The van der Waals surface area contributed by atoms with Crippen LogP contribution in [0.2, 0.25) is 5.02 Å². The molecule has 24 heavy (non-hydrogen) atoms. The quantitative estimate of drug-likeness (QED) is 0.763. The Morgan fingerprint density at radius 1 is 1.33 bits per heavy atom. The van der Waals surface area contributed by atoms with Gasteiger partial charge in [-0.1, -0.05) is 11.6 Å². The molecule has 1 amide bonds. The van der Waals surface area contributed by atoms with E-state index in [0.717, 1.165) is 5.56 Å². The van der Waals surface area contributed by atoms with Crippen molar-refractivity contribution in [2.24, 2.45) is 7.05 Å². The van der Waals surface area contributed by atoms with Crippen molar-refractivity contribution in [3.8, 4) is 5.75 Å². The van der Waals surface area contributed by atoms with Crippen LogP contribution < -0.4 is 10.1 Å². The van der Waals surface area contributed by atoms with E-state index in [2.05, 4.69) is 10.4 Å². The summed E-state index contributed by atoms with van der Waals surface area (Å²) in [7, 11) is 1.77. The minimum atomic E-state index is -0.359. The largest absolute Gasteiger partial charge is 0.486 e. The molecular formula is C17H16ClN3O3. The molecular weight excluding hydrogens is 330 g/mol. The van der Waals surface area contributed by atoms with Crippen LogP contribution in [0.25, 0.3) is 0 Å². The van der Waals surface area contributed by atoms with E-state index in [4.69, 9.17) is 20.8 Å². The van der Waals surface area contributed by atoms with Crippen LogP contribution in [-0.2, 0) is 13.7 Å². The third-order valence-electron chi connectivity index (χ3n) is 3.35. The van der Waals surface area contributed by atoms with Crippen LogP contribution in [-0.4, -0.2) is 15.7 Å². The first kappa shape index (κ1) is 16.1. The Hall–Kier alpha value is -2.73. The Bertz CT molecular complexity index is 870. The van der Waals surface area contributed by atoms with Crippen LogP contribution in [0.3, 0.4) is 0 Å². The first-order chi connectivity index (χ1) is 11.5. The third kappa shape index (κ3) is 3.78. The molecule has 7 heteroatoms. The van der Waals surface area contributed by atoms with Gasteiger partial charge >= 0.3 is 0 Å². The van der Waals surface area contributed by atoms with Crippen LogP contribution >= 0.6 is 11.6 Å². The van der Waals surface area contributed by atoms with Crippen molar-refractivity contribution in [2.75, 3.05) is 5.32 Å². The number of nitrogens with zero attached hydrogens (tertiary/aromatic N) is 2. The summed E-state index contributed by atoms with van der Waals surface area (Å²) in [6.45, 7) is 2.13. The maximum Gasteiger partial charge on any atom is 0.292 e. The molecule has 0 atom stereocenters. The number of furan rings is 1. The molecule has 1 aromatic carbocycles. The lowest BCUT2D eigenvalue weighted by molar-refractivity contribution is 0.0992. The molecule has 0 bridgehead atoms. The number of rotatable bonds is 5. The van der Waals surface area contributed by atoms with E-state index in [-0.39, 0.29) is 18.3 Å². The Labute approximate surface area is 144 Å². The van der Waals surface area contributed by atoms with Crippen molar-refractivity contribution in [2.45, 2.75) is 13.5 Å². The molecule has 0 saturated heterocycles. The van der Waals surface area contributed by atoms with Crippen molar-refractivity contribution >= 4 is 23.3 Å². The summed E-state index contributed by atoms with van der Waals surface area (Å²) < 4.78 is 12.7. The maximum absolute atomic E-state index is 12.1. The lowest BCUT2D eigenvalue weighted by Gasteiger charge is -2.06. The molecule has 124 valence electrons. The number of nitrogens with one attached hydrogen (secondary N) is 1. The summed E-state index contributed by atoms with van der Waals surface area (Å²) >= 11 is 5.98. The van der Waals surface area contributed by atoms with Gasteiger partial charge in [-0.25, -0.2) is 0 Å². The lowest BCUT2D eigenvalue weighted by atomic mass is 10.2. The summed E-state index contributed by atoms with van der Waals surface area (Å²) in [5, 5.41) is 7.43. The monoisotopic (exact) mass is 345 g/mol. The molecule has 2 heterocycles. The zero-order valence-electron chi connectivity index (χ0n) is 13.2. The molecule has 0 fully saturated rings. The summed E-state index contributed by atoms with van der Waals surface area (Å²) in [5.74, 6) is 1.55. The van der Waals surface area contributed by atoms with E-state index in [1.54, 1.807) is 48.3 Å². The molecule has 2 aromatic heterocycles. The second kappa shape index (κ2) is 6.80. The van der Waals surface area contributed by atoms with Gasteiger partial charge in [0, 0.05) is 24.3 Å². The fraction of sp³-hybridized carbons (Fsp3) is 0.176. The average molecular weight is 346 g/mol. The van der Waals surface area contributed by atoms with Crippen LogP contribution in [0.1, 0.15) is 21.9 Å². The molecule has 0 unspecified atom stereocenters. The summed E-state index contributed by atoms with van der Waals surface area (Å²) in [6, 6.07) is 10.4. The summed E-state index contributed by atoms with van der Waals surface area (Å²) in [5.41, 5.74) is 0.934. The maximum atomic E-state index is 12.1. The smallest absolute Gasteiger partial charge is 0.292 e. The van der Waals surface area contributed by atoms with E-state index >= 15 is 0 Å². The second-order valence-electron chi connectivity index (χ2n) is 5.29. The second-order valence-corrected chi connectivity index (χ2v) is 5.70. The highest BCUT2D eigenvalue weighted by molar-refractivity contribution is 6.31. The van der Waals surface area contributed by atoms with Crippen molar-refractivity contribution in [3.05, 3.63) is 64.7 Å². The third-order valence-corrected chi connectivity index (χ3v) is 3.78. The van der Waals surface area contributed by atoms with Gasteiger partial charge in [0.2, 0.25) is 0 Å². The highest BCUT2D eigenvalue weighted by atomic mass is 35.5. The Balaban J connectivity index is 1.60. The minimum Gasteiger partial charge on any atom is -0.486 e. The molecule has 1 N–H and O–H groups in total. The number of ether oxygens (including phenoxy) is 1. The fourth-order valence-electron chi connectivity index (χ4n) is 2.10. The number of carbonyl (C=O) groups excluding carboxylic acids is 1. The lowest BCUT2D eigenvalue weighted by Crippen LogP contribution is -2.11. The van der Waals surface area contributed by atoms with Gasteiger partial charge in [-0.05, 0) is 42.8 Å². The molecule has 0 spiro atoms. The fourth-order valence-corrected chi connectivity index (χ4v) is 2.22. The molecule has 6 nitrogen and oxygen atoms in total. The molecule has 0 aliphatic carbocycles. The van der Waals surface area contributed by atoms with E-state index in [1.807, 2.05) is 13.0 Å². The molecule has 3 rings (SSSR count). The number of aryl methyl sites for hydroxylation is 2.